The van der Waals surface area contributed by atoms with Crippen LogP contribution in [0.25, 0.3) is 0 Å². The van der Waals surface area contributed by atoms with Crippen molar-refractivity contribution in [2.75, 3.05) is 18.4 Å². The normalized spacial score (nSPS) is 19.4. The Bertz CT molecular complexity index is 539. The van der Waals surface area contributed by atoms with E-state index >= 15 is 0 Å². The number of nitrogens with one attached hydrogen (secondary N) is 1. The Morgan fingerprint density at radius 2 is 2.14 bits per heavy atom. The minimum atomic E-state index is -4.44. The standard InChI is InChI=1S/C13H18F3N3O2S/c1-12(2,3)21-11(20)19-5-4-8(6-19)17-10-18-9(7-22-10)13(14,15)16/h7-8H,4-6H2,1-3H3,(H,17,18). The maximum absolute atomic E-state index is 12.5. The lowest BCUT2D eigenvalue weighted by atomic mass is 10.2. The van der Waals surface area contributed by atoms with Gasteiger partial charge in [0.15, 0.2) is 10.8 Å². The van der Waals surface area contributed by atoms with Crippen molar-refractivity contribution >= 4 is 22.6 Å². The maximum atomic E-state index is 12.5. The molecule has 1 unspecified atom stereocenters. The maximum Gasteiger partial charge on any atom is 0.434 e. The molecule has 2 rings (SSSR count). The van der Waals surface area contributed by atoms with E-state index in [2.05, 4.69) is 10.3 Å². The number of hydrogen-bond acceptors (Lipinski definition) is 5. The summed E-state index contributed by atoms with van der Waals surface area (Å²) in [6.07, 6.45) is -4.21. The van der Waals surface area contributed by atoms with E-state index in [1.165, 1.54) is 0 Å². The molecule has 0 spiro atoms. The van der Waals surface area contributed by atoms with Crippen LogP contribution in [-0.2, 0) is 10.9 Å². The van der Waals surface area contributed by atoms with E-state index in [1.54, 1.807) is 25.7 Å². The van der Waals surface area contributed by atoms with Gasteiger partial charge < -0.3 is 15.0 Å². The predicted octanol–water partition coefficient (Wildman–Crippen LogP) is 3.58. The van der Waals surface area contributed by atoms with E-state index in [0.29, 0.717) is 19.5 Å². The largest absolute Gasteiger partial charge is 0.444 e. The Morgan fingerprint density at radius 1 is 1.45 bits per heavy atom. The molecule has 1 aliphatic rings. The van der Waals surface area contributed by atoms with E-state index in [9.17, 15) is 18.0 Å². The van der Waals surface area contributed by atoms with Gasteiger partial charge in [-0.1, -0.05) is 0 Å². The van der Waals surface area contributed by atoms with Crippen molar-refractivity contribution in [3.05, 3.63) is 11.1 Å². The lowest BCUT2D eigenvalue weighted by Crippen LogP contribution is -2.36. The zero-order chi connectivity index (χ0) is 16.5. The van der Waals surface area contributed by atoms with Gasteiger partial charge >= 0.3 is 12.3 Å². The third-order valence-corrected chi connectivity index (χ3v) is 3.74. The van der Waals surface area contributed by atoms with Crippen molar-refractivity contribution in [1.82, 2.24) is 9.88 Å². The van der Waals surface area contributed by atoms with E-state index in [1.807, 2.05) is 0 Å². The van der Waals surface area contributed by atoms with Gasteiger partial charge in [-0.15, -0.1) is 11.3 Å². The van der Waals surface area contributed by atoms with Crippen molar-refractivity contribution in [1.29, 1.82) is 0 Å². The van der Waals surface area contributed by atoms with E-state index in [-0.39, 0.29) is 11.2 Å². The SMILES string of the molecule is CC(C)(C)OC(=O)N1CCC(Nc2nc(C(F)(F)F)cs2)C1. The zero-order valence-corrected chi connectivity index (χ0v) is 13.3. The molecule has 0 saturated carbocycles. The zero-order valence-electron chi connectivity index (χ0n) is 12.5. The molecule has 0 radical (unpaired) electrons. The summed E-state index contributed by atoms with van der Waals surface area (Å²) in [4.78, 5) is 17.0. The summed E-state index contributed by atoms with van der Waals surface area (Å²) in [6.45, 7) is 6.24. The Morgan fingerprint density at radius 3 is 2.68 bits per heavy atom. The quantitative estimate of drug-likeness (QED) is 0.896. The van der Waals surface area contributed by atoms with Gasteiger partial charge in [0.1, 0.15) is 5.60 Å². The van der Waals surface area contributed by atoms with Crippen molar-refractivity contribution < 1.29 is 22.7 Å². The van der Waals surface area contributed by atoms with Crippen LogP contribution in [0, 0.1) is 0 Å². The molecule has 0 aliphatic carbocycles. The average molecular weight is 337 g/mol. The number of hydrogen-bond donors (Lipinski definition) is 1. The van der Waals surface area contributed by atoms with Gasteiger partial charge in [0, 0.05) is 24.5 Å². The Hall–Kier alpha value is -1.51. The predicted molar refractivity (Wildman–Crippen MR) is 77.0 cm³/mol. The molecule has 22 heavy (non-hydrogen) atoms. The summed E-state index contributed by atoms with van der Waals surface area (Å²) >= 11 is 0.906. The number of carbonyl (C=O) groups is 1. The van der Waals surface area contributed by atoms with Crippen LogP contribution in [0.3, 0.4) is 0 Å². The average Bonchev–Trinajstić information content (AvgIpc) is 2.95. The molecule has 9 heteroatoms. The fourth-order valence-corrected chi connectivity index (χ4v) is 2.81. The van der Waals surface area contributed by atoms with Crippen LogP contribution in [0.4, 0.5) is 23.1 Å². The number of amides is 1. The first-order valence-electron chi connectivity index (χ1n) is 6.82. The summed E-state index contributed by atoms with van der Waals surface area (Å²) in [5, 5.41) is 4.13. The summed E-state index contributed by atoms with van der Waals surface area (Å²) in [5.74, 6) is 0. The molecule has 0 aromatic carbocycles. The van der Waals surface area contributed by atoms with Gasteiger partial charge in [-0.25, -0.2) is 9.78 Å². The highest BCUT2D eigenvalue weighted by Crippen LogP contribution is 2.32. The number of ether oxygens (including phenoxy) is 1. The van der Waals surface area contributed by atoms with Crippen LogP contribution in [0.15, 0.2) is 5.38 Å². The molecule has 1 aromatic heterocycles. The lowest BCUT2D eigenvalue weighted by Gasteiger charge is -2.24. The third-order valence-electron chi connectivity index (χ3n) is 2.96. The second-order valence-electron chi connectivity index (χ2n) is 6.09. The molecule has 0 bridgehead atoms. The minimum absolute atomic E-state index is 0.125. The summed E-state index contributed by atoms with van der Waals surface area (Å²) in [6, 6.07) is -0.125. The second-order valence-corrected chi connectivity index (χ2v) is 6.95. The first-order chi connectivity index (χ1) is 10.0. The Labute approximate surface area is 130 Å². The van der Waals surface area contributed by atoms with E-state index in [4.69, 9.17) is 4.74 Å². The molecule has 1 aromatic rings. The fraction of sp³-hybridized carbons (Fsp3) is 0.692. The van der Waals surface area contributed by atoms with Gasteiger partial charge in [-0.05, 0) is 27.2 Å². The van der Waals surface area contributed by atoms with Crippen LogP contribution in [0.1, 0.15) is 32.9 Å². The number of thiazole rings is 1. The molecule has 5 nitrogen and oxygen atoms in total. The Kier molecular flexibility index (Phi) is 4.55. The summed E-state index contributed by atoms with van der Waals surface area (Å²) in [5.41, 5.74) is -1.47. The number of carbonyl (C=O) groups excluding carboxylic acids is 1. The molecule has 1 N–H and O–H groups in total. The highest BCUT2D eigenvalue weighted by molar-refractivity contribution is 7.13. The number of likely N-dealkylation sites (tertiary alicyclic amines) is 1. The Balaban J connectivity index is 1.89. The monoisotopic (exact) mass is 337 g/mol. The molecular formula is C13H18F3N3O2S. The number of nitrogens with zero attached hydrogens (tertiary/aromatic N) is 2. The van der Waals surface area contributed by atoms with Crippen LogP contribution < -0.4 is 5.32 Å². The van der Waals surface area contributed by atoms with E-state index in [0.717, 1.165) is 16.7 Å². The molecular weight excluding hydrogens is 319 g/mol. The number of rotatable bonds is 2. The number of aromatic nitrogens is 1. The minimum Gasteiger partial charge on any atom is -0.444 e. The first kappa shape index (κ1) is 16.9. The fourth-order valence-electron chi connectivity index (χ4n) is 2.02. The van der Waals surface area contributed by atoms with Gasteiger partial charge in [0.05, 0.1) is 0 Å². The van der Waals surface area contributed by atoms with Gasteiger partial charge in [-0.3, -0.25) is 0 Å². The molecule has 1 amide bonds. The van der Waals surface area contributed by atoms with Gasteiger partial charge in [-0.2, -0.15) is 13.2 Å². The molecule has 2 heterocycles. The molecule has 1 atom stereocenters. The smallest absolute Gasteiger partial charge is 0.434 e. The van der Waals surface area contributed by atoms with Crippen LogP contribution in [0.5, 0.6) is 0 Å². The number of anilines is 1. The number of alkyl halides is 3. The van der Waals surface area contributed by atoms with Gasteiger partial charge in [0.2, 0.25) is 0 Å². The second kappa shape index (κ2) is 5.94. The molecule has 124 valence electrons. The number of halogens is 3. The van der Waals surface area contributed by atoms with E-state index < -0.39 is 23.6 Å². The molecule has 1 aliphatic heterocycles. The highest BCUT2D eigenvalue weighted by atomic mass is 32.1. The lowest BCUT2D eigenvalue weighted by molar-refractivity contribution is -0.140. The van der Waals surface area contributed by atoms with Crippen molar-refractivity contribution in [3.8, 4) is 0 Å². The van der Waals surface area contributed by atoms with Crippen molar-refractivity contribution in [3.63, 3.8) is 0 Å². The third kappa shape index (κ3) is 4.49. The molecule has 1 fully saturated rings. The van der Waals surface area contributed by atoms with Crippen molar-refractivity contribution in [2.45, 2.75) is 45.0 Å². The highest BCUT2D eigenvalue weighted by Gasteiger charge is 2.35. The summed E-state index contributed by atoms with van der Waals surface area (Å²) < 4.78 is 42.7. The molecule has 1 saturated heterocycles. The van der Waals surface area contributed by atoms with Crippen LogP contribution in [-0.4, -0.2) is 40.7 Å². The van der Waals surface area contributed by atoms with Crippen molar-refractivity contribution in [2.24, 2.45) is 0 Å². The van der Waals surface area contributed by atoms with Gasteiger partial charge in [0.25, 0.3) is 0 Å². The van der Waals surface area contributed by atoms with Crippen LogP contribution in [0.2, 0.25) is 0 Å². The first-order valence-corrected chi connectivity index (χ1v) is 7.70. The summed E-state index contributed by atoms with van der Waals surface area (Å²) in [7, 11) is 0. The topological polar surface area (TPSA) is 54.5 Å². The van der Waals surface area contributed by atoms with Crippen LogP contribution >= 0.6 is 11.3 Å².